The highest BCUT2D eigenvalue weighted by Gasteiger charge is 2.14. The molecule has 0 unspecified atom stereocenters. The Kier molecular flexibility index (Phi) is 5.24. The fourth-order valence-electron chi connectivity index (χ4n) is 1.45. The molecule has 0 bridgehead atoms. The number of hydrogen-bond donors (Lipinski definition) is 2. The average molecular weight is 291 g/mol. The minimum atomic E-state index is -3.13. The van der Waals surface area contributed by atoms with Crippen molar-refractivity contribution >= 4 is 32.3 Å². The molecule has 0 aliphatic carbocycles. The Bertz CT molecular complexity index is 522. The molecule has 0 saturated carbocycles. The van der Waals surface area contributed by atoms with Crippen LogP contribution in [0.3, 0.4) is 0 Å². The van der Waals surface area contributed by atoms with E-state index in [9.17, 15) is 13.2 Å². The van der Waals surface area contributed by atoms with E-state index in [2.05, 4.69) is 14.4 Å². The Morgan fingerprint density at radius 3 is 2.61 bits per heavy atom. The fourth-order valence-corrected chi connectivity index (χ4v) is 2.84. The lowest BCUT2D eigenvalue weighted by molar-refractivity contribution is 0.101. The van der Waals surface area contributed by atoms with Gasteiger partial charge in [-0.1, -0.05) is 0 Å². The molecule has 0 aliphatic heterocycles. The molecule has 2 N–H and O–H groups in total. The van der Waals surface area contributed by atoms with Crippen LogP contribution in [0.25, 0.3) is 0 Å². The summed E-state index contributed by atoms with van der Waals surface area (Å²) in [6.45, 7) is 4.26. The molecule has 0 aromatic carbocycles. The van der Waals surface area contributed by atoms with Crippen LogP contribution >= 0.6 is 11.5 Å². The maximum atomic E-state index is 11.4. The molecule has 1 heterocycles. The zero-order chi connectivity index (χ0) is 13.8. The molecule has 0 radical (unpaired) electrons. The number of nitrogens with zero attached hydrogens (tertiary/aromatic N) is 1. The lowest BCUT2D eigenvalue weighted by atomic mass is 10.2. The highest BCUT2D eigenvalue weighted by atomic mass is 32.2. The van der Waals surface area contributed by atoms with Gasteiger partial charge in [-0.3, -0.25) is 4.79 Å². The first-order valence-electron chi connectivity index (χ1n) is 5.47. The summed E-state index contributed by atoms with van der Waals surface area (Å²) in [5, 5.41) is 3.85. The predicted octanol–water partition coefficient (Wildman–Crippen LogP) is 1.01. The number of nitrogens with one attached hydrogen (secondary N) is 2. The molecule has 102 valence electrons. The highest BCUT2D eigenvalue weighted by Crippen LogP contribution is 2.24. The normalized spacial score (nSPS) is 11.5. The Balaban J connectivity index is 2.43. The van der Waals surface area contributed by atoms with Crippen LogP contribution in [-0.2, 0) is 10.0 Å². The molecule has 0 amide bonds. The van der Waals surface area contributed by atoms with Gasteiger partial charge < -0.3 is 5.32 Å². The topological polar surface area (TPSA) is 88.2 Å². The van der Waals surface area contributed by atoms with Crippen molar-refractivity contribution in [2.24, 2.45) is 0 Å². The molecular weight excluding hydrogens is 274 g/mol. The highest BCUT2D eigenvalue weighted by molar-refractivity contribution is 7.88. The van der Waals surface area contributed by atoms with E-state index in [4.69, 9.17) is 0 Å². The molecule has 0 fully saturated rings. The lowest BCUT2D eigenvalue weighted by Gasteiger charge is -2.05. The maximum absolute atomic E-state index is 11.4. The second-order valence-electron chi connectivity index (χ2n) is 3.98. The van der Waals surface area contributed by atoms with E-state index in [1.807, 2.05) is 0 Å². The molecule has 18 heavy (non-hydrogen) atoms. The van der Waals surface area contributed by atoms with Crippen molar-refractivity contribution in [2.45, 2.75) is 20.3 Å². The lowest BCUT2D eigenvalue weighted by Crippen LogP contribution is -2.24. The molecule has 8 heteroatoms. The molecule has 0 spiro atoms. The third-order valence-electron chi connectivity index (χ3n) is 2.22. The van der Waals surface area contributed by atoms with Crippen LogP contribution in [0, 0.1) is 6.92 Å². The molecular formula is C10H17N3O3S2. The van der Waals surface area contributed by atoms with Gasteiger partial charge in [-0.15, -0.1) is 0 Å². The third kappa shape index (κ3) is 4.71. The van der Waals surface area contributed by atoms with Crippen molar-refractivity contribution in [3.8, 4) is 0 Å². The molecule has 1 aromatic rings. The van der Waals surface area contributed by atoms with Crippen LogP contribution in [0.2, 0.25) is 0 Å². The van der Waals surface area contributed by atoms with Crippen molar-refractivity contribution in [1.29, 1.82) is 0 Å². The summed E-state index contributed by atoms with van der Waals surface area (Å²) in [5.41, 5.74) is 1.35. The summed E-state index contributed by atoms with van der Waals surface area (Å²) in [7, 11) is -3.13. The van der Waals surface area contributed by atoms with Gasteiger partial charge >= 0.3 is 0 Å². The molecule has 0 aliphatic rings. The summed E-state index contributed by atoms with van der Waals surface area (Å²) < 4.78 is 28.2. The third-order valence-corrected chi connectivity index (χ3v) is 3.84. The predicted molar refractivity (Wildman–Crippen MR) is 72.8 cm³/mol. The summed E-state index contributed by atoms with van der Waals surface area (Å²) >= 11 is 1.25. The molecule has 0 atom stereocenters. The average Bonchev–Trinajstić information content (AvgIpc) is 2.57. The summed E-state index contributed by atoms with van der Waals surface area (Å²) in [4.78, 5) is 11.4. The second kappa shape index (κ2) is 6.26. The number of hydrogen-bond acceptors (Lipinski definition) is 6. The number of aromatic nitrogens is 1. The zero-order valence-electron chi connectivity index (χ0n) is 10.6. The van der Waals surface area contributed by atoms with E-state index in [-0.39, 0.29) is 5.78 Å². The van der Waals surface area contributed by atoms with Crippen molar-refractivity contribution in [1.82, 2.24) is 9.10 Å². The Labute approximate surface area is 111 Å². The largest absolute Gasteiger partial charge is 0.375 e. The van der Waals surface area contributed by atoms with Crippen LogP contribution in [0.1, 0.15) is 29.4 Å². The van der Waals surface area contributed by atoms with Crippen LogP contribution in [-0.4, -0.2) is 37.9 Å². The van der Waals surface area contributed by atoms with Gasteiger partial charge in [0, 0.05) is 13.1 Å². The maximum Gasteiger partial charge on any atom is 0.208 e. The SMILES string of the molecule is CC(=O)c1c(C)nsc1NCCCNS(C)(=O)=O. The van der Waals surface area contributed by atoms with E-state index >= 15 is 0 Å². The van der Waals surface area contributed by atoms with E-state index in [0.717, 1.165) is 17.0 Å². The Hall–Kier alpha value is -0.990. The first-order chi connectivity index (χ1) is 8.31. The number of ketones is 1. The van der Waals surface area contributed by atoms with Gasteiger partial charge in [0.15, 0.2) is 5.78 Å². The zero-order valence-corrected chi connectivity index (χ0v) is 12.2. The van der Waals surface area contributed by atoms with E-state index in [0.29, 0.717) is 25.1 Å². The van der Waals surface area contributed by atoms with Gasteiger partial charge in [0.1, 0.15) is 5.00 Å². The van der Waals surface area contributed by atoms with Crippen molar-refractivity contribution in [3.05, 3.63) is 11.3 Å². The fraction of sp³-hybridized carbons (Fsp3) is 0.600. The van der Waals surface area contributed by atoms with Crippen molar-refractivity contribution in [3.63, 3.8) is 0 Å². The standard InChI is InChI=1S/C10H17N3O3S2/c1-7-9(8(2)14)10(17-13-7)11-5-4-6-12-18(3,15)16/h11-12H,4-6H2,1-3H3. The van der Waals surface area contributed by atoms with E-state index in [1.165, 1.54) is 18.5 Å². The smallest absolute Gasteiger partial charge is 0.208 e. The van der Waals surface area contributed by atoms with Crippen LogP contribution in [0.15, 0.2) is 0 Å². The monoisotopic (exact) mass is 291 g/mol. The van der Waals surface area contributed by atoms with E-state index < -0.39 is 10.0 Å². The number of anilines is 1. The van der Waals surface area contributed by atoms with Crippen molar-refractivity contribution < 1.29 is 13.2 Å². The minimum absolute atomic E-state index is 0.0157. The van der Waals surface area contributed by atoms with Crippen molar-refractivity contribution in [2.75, 3.05) is 24.7 Å². The second-order valence-corrected chi connectivity index (χ2v) is 6.58. The summed E-state index contributed by atoms with van der Waals surface area (Å²) in [5.74, 6) is -0.0157. The number of carbonyl (C=O) groups is 1. The Morgan fingerprint density at radius 1 is 1.39 bits per heavy atom. The summed E-state index contributed by atoms with van der Waals surface area (Å²) in [6, 6.07) is 0. The number of carbonyl (C=O) groups excluding carboxylic acids is 1. The molecule has 0 saturated heterocycles. The van der Waals surface area contributed by atoms with Gasteiger partial charge in [-0.25, -0.2) is 13.1 Å². The van der Waals surface area contributed by atoms with Gasteiger partial charge in [-0.2, -0.15) is 4.37 Å². The van der Waals surface area contributed by atoms with Gasteiger partial charge in [0.05, 0.1) is 17.5 Å². The first kappa shape index (κ1) is 15.1. The molecule has 1 aromatic heterocycles. The summed E-state index contributed by atoms with van der Waals surface area (Å²) in [6.07, 6.45) is 1.77. The van der Waals surface area contributed by atoms with Gasteiger partial charge in [0.25, 0.3) is 0 Å². The number of aryl methyl sites for hydroxylation is 1. The number of Topliss-reactive ketones (excluding diaryl/α,β-unsaturated/α-hetero) is 1. The molecule has 6 nitrogen and oxygen atoms in total. The van der Waals surface area contributed by atoms with Crippen LogP contribution in [0.4, 0.5) is 5.00 Å². The van der Waals surface area contributed by atoms with E-state index in [1.54, 1.807) is 6.92 Å². The van der Waals surface area contributed by atoms with Gasteiger partial charge in [0.2, 0.25) is 10.0 Å². The Morgan fingerprint density at radius 2 is 2.06 bits per heavy atom. The van der Waals surface area contributed by atoms with Gasteiger partial charge in [-0.05, 0) is 31.8 Å². The quantitative estimate of drug-likeness (QED) is 0.578. The van der Waals surface area contributed by atoms with Crippen LogP contribution < -0.4 is 10.0 Å². The first-order valence-corrected chi connectivity index (χ1v) is 8.13. The van der Waals surface area contributed by atoms with Crippen LogP contribution in [0.5, 0.6) is 0 Å². The number of rotatable bonds is 7. The number of sulfonamides is 1. The molecule has 1 rings (SSSR count). The minimum Gasteiger partial charge on any atom is -0.375 e.